The quantitative estimate of drug-likeness (QED) is 0.660. The van der Waals surface area contributed by atoms with Gasteiger partial charge in [0, 0.05) is 30.6 Å². The number of pyridine rings is 1. The molecule has 0 atom stereocenters. The summed E-state index contributed by atoms with van der Waals surface area (Å²) in [4.78, 5) is 25.8. The molecule has 0 unspecified atom stereocenters. The Morgan fingerprint density at radius 2 is 2.19 bits per heavy atom. The molecule has 7 heteroatoms. The highest BCUT2D eigenvalue weighted by molar-refractivity contribution is 5.95. The fourth-order valence-electron chi connectivity index (χ4n) is 1.80. The van der Waals surface area contributed by atoms with Gasteiger partial charge in [0.15, 0.2) is 5.75 Å². The second kappa shape index (κ2) is 6.00. The predicted octanol–water partition coefficient (Wildman–Crippen LogP) is 1.93. The van der Waals surface area contributed by atoms with Crippen LogP contribution >= 0.6 is 0 Å². The van der Waals surface area contributed by atoms with Crippen molar-refractivity contribution in [1.82, 2.24) is 10.3 Å². The van der Waals surface area contributed by atoms with Crippen molar-refractivity contribution < 1.29 is 14.8 Å². The Labute approximate surface area is 120 Å². The lowest BCUT2D eigenvalue weighted by Gasteiger charge is -2.07. The van der Waals surface area contributed by atoms with E-state index < -0.39 is 22.3 Å². The third-order valence-corrected chi connectivity index (χ3v) is 3.01. The standard InChI is InChI=1S/C14H13N3O4/c1-9-7-15-5-4-11(9)8-16-14(19)10-2-3-12(17(20)21)13(18)6-10/h2-7,18H,8H2,1H3,(H,16,19). The number of nitrogens with zero attached hydrogens (tertiary/aromatic N) is 2. The first-order chi connectivity index (χ1) is 9.99. The van der Waals surface area contributed by atoms with E-state index in [0.29, 0.717) is 6.54 Å². The van der Waals surface area contributed by atoms with E-state index in [1.165, 1.54) is 6.07 Å². The number of hydrogen-bond acceptors (Lipinski definition) is 5. The van der Waals surface area contributed by atoms with E-state index in [1.807, 2.05) is 6.92 Å². The summed E-state index contributed by atoms with van der Waals surface area (Å²) >= 11 is 0. The van der Waals surface area contributed by atoms with E-state index in [4.69, 9.17) is 0 Å². The molecule has 0 saturated heterocycles. The first-order valence-electron chi connectivity index (χ1n) is 6.14. The number of nitro groups is 1. The molecule has 0 spiro atoms. The fourth-order valence-corrected chi connectivity index (χ4v) is 1.80. The van der Waals surface area contributed by atoms with Crippen LogP contribution < -0.4 is 5.32 Å². The normalized spacial score (nSPS) is 10.1. The van der Waals surface area contributed by atoms with Crippen molar-refractivity contribution >= 4 is 11.6 Å². The molecule has 0 bridgehead atoms. The topological polar surface area (TPSA) is 105 Å². The number of hydrogen-bond donors (Lipinski definition) is 2. The zero-order chi connectivity index (χ0) is 15.4. The maximum absolute atomic E-state index is 12.0. The van der Waals surface area contributed by atoms with Gasteiger partial charge in [-0.3, -0.25) is 19.9 Å². The minimum atomic E-state index is -0.711. The number of benzene rings is 1. The van der Waals surface area contributed by atoms with Crippen LogP contribution in [0.2, 0.25) is 0 Å². The molecule has 0 aliphatic heterocycles. The zero-order valence-corrected chi connectivity index (χ0v) is 11.2. The molecule has 108 valence electrons. The number of phenols is 1. The molecule has 0 aliphatic rings. The van der Waals surface area contributed by atoms with Crippen LogP contribution in [0, 0.1) is 17.0 Å². The van der Waals surface area contributed by atoms with E-state index in [-0.39, 0.29) is 5.56 Å². The van der Waals surface area contributed by atoms with Crippen molar-refractivity contribution in [3.63, 3.8) is 0 Å². The van der Waals surface area contributed by atoms with Crippen LogP contribution in [0.25, 0.3) is 0 Å². The summed E-state index contributed by atoms with van der Waals surface area (Å²) in [5.41, 5.74) is 1.59. The number of aromatic nitrogens is 1. The predicted molar refractivity (Wildman–Crippen MR) is 74.9 cm³/mol. The Balaban J connectivity index is 2.09. The Morgan fingerprint density at radius 3 is 2.81 bits per heavy atom. The van der Waals surface area contributed by atoms with Gasteiger partial charge in [-0.25, -0.2) is 0 Å². The van der Waals surface area contributed by atoms with Gasteiger partial charge in [-0.15, -0.1) is 0 Å². The van der Waals surface area contributed by atoms with Gasteiger partial charge in [0.1, 0.15) is 0 Å². The lowest BCUT2D eigenvalue weighted by atomic mass is 10.1. The molecule has 21 heavy (non-hydrogen) atoms. The number of rotatable bonds is 4. The van der Waals surface area contributed by atoms with Gasteiger partial charge in [0.25, 0.3) is 5.91 Å². The highest BCUT2D eigenvalue weighted by Crippen LogP contribution is 2.26. The Hall–Kier alpha value is -2.96. The summed E-state index contributed by atoms with van der Waals surface area (Å²) in [5, 5.41) is 22.8. The molecule has 0 aliphatic carbocycles. The molecule has 1 heterocycles. The van der Waals surface area contributed by atoms with Crippen LogP contribution in [0.3, 0.4) is 0 Å². The summed E-state index contributed by atoms with van der Waals surface area (Å²) in [5.74, 6) is -0.954. The van der Waals surface area contributed by atoms with Crippen molar-refractivity contribution in [3.8, 4) is 5.75 Å². The highest BCUT2D eigenvalue weighted by atomic mass is 16.6. The number of aryl methyl sites for hydroxylation is 1. The zero-order valence-electron chi connectivity index (χ0n) is 11.2. The number of amides is 1. The van der Waals surface area contributed by atoms with E-state index in [9.17, 15) is 20.0 Å². The SMILES string of the molecule is Cc1cnccc1CNC(=O)c1ccc([N+](=O)[O-])c(O)c1. The van der Waals surface area contributed by atoms with E-state index in [2.05, 4.69) is 10.3 Å². The molecule has 2 aromatic rings. The Bertz CT molecular complexity index is 700. The molecule has 7 nitrogen and oxygen atoms in total. The molecule has 1 aromatic heterocycles. The Kier molecular flexibility index (Phi) is 4.13. The summed E-state index contributed by atoms with van der Waals surface area (Å²) in [6.07, 6.45) is 3.32. The highest BCUT2D eigenvalue weighted by Gasteiger charge is 2.16. The van der Waals surface area contributed by atoms with Crippen molar-refractivity contribution in [2.45, 2.75) is 13.5 Å². The summed E-state index contributed by atoms with van der Waals surface area (Å²) in [7, 11) is 0. The number of phenolic OH excluding ortho intramolecular Hbond substituents is 1. The molecular weight excluding hydrogens is 274 g/mol. The minimum absolute atomic E-state index is 0.157. The summed E-state index contributed by atoms with van der Waals surface area (Å²) < 4.78 is 0. The average molecular weight is 287 g/mol. The smallest absolute Gasteiger partial charge is 0.310 e. The lowest BCUT2D eigenvalue weighted by Crippen LogP contribution is -2.23. The van der Waals surface area contributed by atoms with Crippen molar-refractivity contribution in [1.29, 1.82) is 0 Å². The third-order valence-electron chi connectivity index (χ3n) is 3.01. The van der Waals surface area contributed by atoms with Crippen molar-refractivity contribution in [2.75, 3.05) is 0 Å². The largest absolute Gasteiger partial charge is 0.502 e. The average Bonchev–Trinajstić information content (AvgIpc) is 2.45. The Morgan fingerprint density at radius 1 is 1.43 bits per heavy atom. The van der Waals surface area contributed by atoms with Gasteiger partial charge in [-0.05, 0) is 36.2 Å². The van der Waals surface area contributed by atoms with Crippen molar-refractivity contribution in [2.24, 2.45) is 0 Å². The monoisotopic (exact) mass is 287 g/mol. The van der Waals surface area contributed by atoms with Gasteiger partial charge in [-0.1, -0.05) is 0 Å². The summed E-state index contributed by atoms with van der Waals surface area (Å²) in [6, 6.07) is 5.27. The molecule has 2 rings (SSSR count). The van der Waals surface area contributed by atoms with Crippen molar-refractivity contribution in [3.05, 3.63) is 63.5 Å². The number of carbonyl (C=O) groups excluding carboxylic acids is 1. The van der Waals surface area contributed by atoms with E-state index >= 15 is 0 Å². The summed E-state index contributed by atoms with van der Waals surface area (Å²) in [6.45, 7) is 2.19. The number of nitro benzene ring substituents is 1. The number of carbonyl (C=O) groups is 1. The first kappa shape index (κ1) is 14.4. The fraction of sp³-hybridized carbons (Fsp3) is 0.143. The van der Waals surface area contributed by atoms with Crippen LogP contribution in [0.1, 0.15) is 21.5 Å². The lowest BCUT2D eigenvalue weighted by molar-refractivity contribution is -0.385. The second-order valence-corrected chi connectivity index (χ2v) is 4.45. The third kappa shape index (κ3) is 3.33. The maximum atomic E-state index is 12.0. The van der Waals surface area contributed by atoms with Gasteiger partial charge in [-0.2, -0.15) is 0 Å². The van der Waals surface area contributed by atoms with Crippen LogP contribution in [0.15, 0.2) is 36.7 Å². The number of nitrogens with one attached hydrogen (secondary N) is 1. The molecule has 2 N–H and O–H groups in total. The van der Waals surface area contributed by atoms with Gasteiger partial charge >= 0.3 is 5.69 Å². The first-order valence-corrected chi connectivity index (χ1v) is 6.14. The maximum Gasteiger partial charge on any atom is 0.310 e. The second-order valence-electron chi connectivity index (χ2n) is 4.45. The van der Waals surface area contributed by atoms with Crippen LogP contribution in [0.5, 0.6) is 5.75 Å². The molecular formula is C14H13N3O4. The van der Waals surface area contributed by atoms with Crippen LogP contribution in [-0.4, -0.2) is 20.9 Å². The molecule has 0 radical (unpaired) electrons. The molecule has 0 saturated carbocycles. The van der Waals surface area contributed by atoms with Gasteiger partial charge < -0.3 is 10.4 Å². The molecule has 1 amide bonds. The van der Waals surface area contributed by atoms with Crippen LogP contribution in [0.4, 0.5) is 5.69 Å². The van der Waals surface area contributed by atoms with E-state index in [1.54, 1.807) is 18.5 Å². The number of aromatic hydroxyl groups is 1. The minimum Gasteiger partial charge on any atom is -0.502 e. The van der Waals surface area contributed by atoms with E-state index in [0.717, 1.165) is 23.3 Å². The van der Waals surface area contributed by atoms with Gasteiger partial charge in [0.05, 0.1) is 4.92 Å². The molecule has 0 fully saturated rings. The molecule has 1 aromatic carbocycles. The van der Waals surface area contributed by atoms with Crippen LogP contribution in [-0.2, 0) is 6.54 Å². The van der Waals surface area contributed by atoms with Gasteiger partial charge in [0.2, 0.25) is 0 Å².